The topological polar surface area (TPSA) is 43.4 Å². The summed E-state index contributed by atoms with van der Waals surface area (Å²) in [5, 5.41) is 0.541. The van der Waals surface area contributed by atoms with E-state index < -0.39 is 5.97 Å². The fourth-order valence-corrected chi connectivity index (χ4v) is 1.88. The molecule has 16 heavy (non-hydrogen) atoms. The number of carbonyl (C=O) groups is 2. The molecule has 0 heterocycles. The highest BCUT2D eigenvalue weighted by Crippen LogP contribution is 2.17. The van der Waals surface area contributed by atoms with Crippen LogP contribution in [0, 0.1) is 0 Å². The van der Waals surface area contributed by atoms with Gasteiger partial charge in [0.15, 0.2) is 5.78 Å². The molecule has 86 valence electrons. The number of hydrogen-bond donors (Lipinski definition) is 0. The van der Waals surface area contributed by atoms with E-state index in [2.05, 4.69) is 20.7 Å². The predicted molar refractivity (Wildman–Crippen MR) is 65.0 cm³/mol. The zero-order valence-corrected chi connectivity index (χ0v) is 10.8. The van der Waals surface area contributed by atoms with Crippen molar-refractivity contribution in [2.24, 2.45) is 0 Å². The first-order valence-corrected chi connectivity index (χ1v) is 6.06. The summed E-state index contributed by atoms with van der Waals surface area (Å²) in [5.41, 5.74) is 1.94. The lowest BCUT2D eigenvalue weighted by atomic mass is 10.0. The molecule has 0 aliphatic rings. The Morgan fingerprint density at radius 1 is 1.38 bits per heavy atom. The fourth-order valence-electron chi connectivity index (χ4n) is 1.41. The molecule has 0 saturated heterocycles. The van der Waals surface area contributed by atoms with Gasteiger partial charge in [0.2, 0.25) is 0 Å². The molecular weight excluding hydrogens is 272 g/mol. The molecular formula is C12H13BrO3. The van der Waals surface area contributed by atoms with Gasteiger partial charge in [-0.1, -0.05) is 28.9 Å². The van der Waals surface area contributed by atoms with Gasteiger partial charge in [0, 0.05) is 17.3 Å². The lowest BCUT2D eigenvalue weighted by molar-refractivity contribution is 0.0600. The van der Waals surface area contributed by atoms with Gasteiger partial charge in [0.05, 0.1) is 12.7 Å². The van der Waals surface area contributed by atoms with Gasteiger partial charge in [-0.15, -0.1) is 0 Å². The first kappa shape index (κ1) is 12.9. The highest BCUT2D eigenvalue weighted by atomic mass is 79.9. The van der Waals surface area contributed by atoms with Crippen molar-refractivity contribution in [2.75, 3.05) is 7.11 Å². The summed E-state index contributed by atoms with van der Waals surface area (Å²) in [7, 11) is 1.33. The number of alkyl halides is 1. The largest absolute Gasteiger partial charge is 0.465 e. The first-order chi connectivity index (χ1) is 7.63. The van der Waals surface area contributed by atoms with E-state index in [0.29, 0.717) is 22.9 Å². The van der Waals surface area contributed by atoms with Crippen LogP contribution in [0.25, 0.3) is 0 Å². The predicted octanol–water partition coefficient (Wildman–Crippen LogP) is 2.96. The van der Waals surface area contributed by atoms with Crippen molar-refractivity contribution < 1.29 is 14.3 Å². The van der Waals surface area contributed by atoms with E-state index in [1.165, 1.54) is 7.11 Å². The zero-order valence-electron chi connectivity index (χ0n) is 9.25. The molecule has 0 aromatic heterocycles. The van der Waals surface area contributed by atoms with Crippen LogP contribution >= 0.6 is 15.9 Å². The molecule has 0 atom stereocenters. The number of ether oxygens (including phenoxy) is 1. The van der Waals surface area contributed by atoms with Crippen molar-refractivity contribution in [3.05, 3.63) is 34.9 Å². The summed E-state index contributed by atoms with van der Waals surface area (Å²) < 4.78 is 4.62. The van der Waals surface area contributed by atoms with Gasteiger partial charge < -0.3 is 4.74 Å². The Labute approximate surface area is 103 Å². The molecule has 1 aromatic carbocycles. The Bertz CT molecular complexity index is 413. The number of hydrogen-bond acceptors (Lipinski definition) is 3. The minimum atomic E-state index is -0.391. The Hall–Kier alpha value is -1.16. The molecule has 1 rings (SSSR count). The first-order valence-electron chi connectivity index (χ1n) is 4.94. The van der Waals surface area contributed by atoms with Gasteiger partial charge in [-0.2, -0.15) is 0 Å². The van der Waals surface area contributed by atoms with Crippen molar-refractivity contribution in [1.82, 2.24) is 0 Å². The van der Waals surface area contributed by atoms with Crippen LogP contribution < -0.4 is 0 Å². The van der Waals surface area contributed by atoms with Crippen LogP contribution in [-0.4, -0.2) is 18.9 Å². The van der Waals surface area contributed by atoms with E-state index in [0.717, 1.165) is 5.56 Å². The van der Waals surface area contributed by atoms with Crippen LogP contribution in [0.3, 0.4) is 0 Å². The van der Waals surface area contributed by atoms with Gasteiger partial charge in [-0.3, -0.25) is 4.79 Å². The lowest BCUT2D eigenvalue weighted by Crippen LogP contribution is -2.06. The number of halogens is 1. The molecule has 3 nitrogen and oxygen atoms in total. The average molecular weight is 285 g/mol. The summed E-state index contributed by atoms with van der Waals surface area (Å²) in [5.74, 6) is -0.316. The standard InChI is InChI=1S/C12H13BrO3/c1-3-11(14)10-5-4-8(12(15)16-2)6-9(10)7-13/h4-6H,3,7H2,1-2H3. The number of carbonyl (C=O) groups excluding carboxylic acids is 2. The summed E-state index contributed by atoms with van der Waals surface area (Å²) in [6.45, 7) is 1.81. The average Bonchev–Trinajstić information content (AvgIpc) is 2.35. The number of methoxy groups -OCH3 is 1. The second kappa shape index (κ2) is 5.80. The summed E-state index contributed by atoms with van der Waals surface area (Å²) in [6, 6.07) is 4.97. The molecule has 0 spiro atoms. The molecule has 0 fully saturated rings. The molecule has 4 heteroatoms. The Kier molecular flexibility index (Phi) is 4.68. The van der Waals surface area contributed by atoms with Gasteiger partial charge >= 0.3 is 5.97 Å². The monoisotopic (exact) mass is 284 g/mol. The number of rotatable bonds is 4. The Morgan fingerprint density at radius 3 is 2.56 bits per heavy atom. The van der Waals surface area contributed by atoms with Crippen molar-refractivity contribution in [2.45, 2.75) is 18.7 Å². The molecule has 0 aliphatic carbocycles. The third-order valence-corrected chi connectivity index (χ3v) is 2.90. The highest BCUT2D eigenvalue weighted by Gasteiger charge is 2.12. The number of esters is 1. The maximum absolute atomic E-state index is 11.6. The normalized spacial score (nSPS) is 9.94. The van der Waals surface area contributed by atoms with Gasteiger partial charge in [-0.25, -0.2) is 4.79 Å². The van der Waals surface area contributed by atoms with Crippen LogP contribution in [-0.2, 0) is 10.1 Å². The minimum absolute atomic E-state index is 0.0749. The number of benzene rings is 1. The maximum atomic E-state index is 11.6. The van der Waals surface area contributed by atoms with Crippen LogP contribution in [0.2, 0.25) is 0 Å². The molecule has 0 aliphatic heterocycles. The molecule has 0 amide bonds. The third kappa shape index (κ3) is 2.70. The number of Topliss-reactive ketones (excluding diaryl/α,β-unsaturated/α-hetero) is 1. The SMILES string of the molecule is CCC(=O)c1ccc(C(=O)OC)cc1CBr. The van der Waals surface area contributed by atoms with Crippen LogP contribution in [0.1, 0.15) is 39.6 Å². The van der Waals surface area contributed by atoms with E-state index in [1.54, 1.807) is 18.2 Å². The smallest absolute Gasteiger partial charge is 0.337 e. The van der Waals surface area contributed by atoms with Crippen molar-refractivity contribution in [3.8, 4) is 0 Å². The van der Waals surface area contributed by atoms with E-state index in [1.807, 2.05) is 6.92 Å². The van der Waals surface area contributed by atoms with Crippen molar-refractivity contribution in [1.29, 1.82) is 0 Å². The van der Waals surface area contributed by atoms with E-state index in [4.69, 9.17) is 0 Å². The molecule has 1 aromatic rings. The van der Waals surface area contributed by atoms with E-state index in [9.17, 15) is 9.59 Å². The Morgan fingerprint density at radius 2 is 2.06 bits per heavy atom. The van der Waals surface area contributed by atoms with Crippen molar-refractivity contribution >= 4 is 27.7 Å². The van der Waals surface area contributed by atoms with Crippen LogP contribution in [0.15, 0.2) is 18.2 Å². The minimum Gasteiger partial charge on any atom is -0.465 e. The van der Waals surface area contributed by atoms with Gasteiger partial charge in [0.25, 0.3) is 0 Å². The quantitative estimate of drug-likeness (QED) is 0.485. The van der Waals surface area contributed by atoms with Crippen LogP contribution in [0.4, 0.5) is 0 Å². The molecule has 0 N–H and O–H groups in total. The number of ketones is 1. The lowest BCUT2D eigenvalue weighted by Gasteiger charge is -2.07. The zero-order chi connectivity index (χ0) is 12.1. The van der Waals surface area contributed by atoms with Crippen LogP contribution in [0.5, 0.6) is 0 Å². The highest BCUT2D eigenvalue weighted by molar-refractivity contribution is 9.08. The second-order valence-electron chi connectivity index (χ2n) is 3.27. The van der Waals surface area contributed by atoms with Crippen molar-refractivity contribution in [3.63, 3.8) is 0 Å². The van der Waals surface area contributed by atoms with Gasteiger partial charge in [0.1, 0.15) is 0 Å². The summed E-state index contributed by atoms with van der Waals surface area (Å²) in [4.78, 5) is 22.9. The molecule has 0 bridgehead atoms. The third-order valence-electron chi connectivity index (χ3n) is 2.29. The Balaban J connectivity index is 3.16. The van der Waals surface area contributed by atoms with E-state index in [-0.39, 0.29) is 5.78 Å². The summed E-state index contributed by atoms with van der Waals surface area (Å²) >= 11 is 3.31. The fraction of sp³-hybridized carbons (Fsp3) is 0.333. The molecule has 0 saturated carbocycles. The second-order valence-corrected chi connectivity index (χ2v) is 3.83. The molecule has 0 unspecified atom stereocenters. The molecule has 0 radical (unpaired) electrons. The summed E-state index contributed by atoms with van der Waals surface area (Å²) in [6.07, 6.45) is 0.456. The van der Waals surface area contributed by atoms with Gasteiger partial charge in [-0.05, 0) is 17.7 Å². The maximum Gasteiger partial charge on any atom is 0.337 e. The van der Waals surface area contributed by atoms with E-state index >= 15 is 0 Å².